The van der Waals surface area contributed by atoms with Crippen molar-refractivity contribution in [2.24, 2.45) is 0 Å². The monoisotopic (exact) mass is 302 g/mol. The van der Waals surface area contributed by atoms with Crippen LogP contribution in [0.5, 0.6) is 0 Å². The first-order valence-corrected chi connectivity index (χ1v) is 6.95. The van der Waals surface area contributed by atoms with Crippen molar-refractivity contribution in [3.8, 4) is 0 Å². The predicted molar refractivity (Wildman–Crippen MR) is 75.6 cm³/mol. The molecule has 3 N–H and O–H groups in total. The summed E-state index contributed by atoms with van der Waals surface area (Å²) in [7, 11) is 0. The van der Waals surface area contributed by atoms with Gasteiger partial charge < -0.3 is 15.7 Å². The second kappa shape index (κ2) is 6.57. The van der Waals surface area contributed by atoms with Crippen LogP contribution in [0.15, 0.2) is 18.2 Å². The number of hydrogen-bond acceptors (Lipinski definition) is 3. The Morgan fingerprint density at radius 1 is 1.47 bits per heavy atom. The van der Waals surface area contributed by atoms with Crippen LogP contribution in [-0.4, -0.2) is 36.2 Å². The normalized spacial score (nSPS) is 22.5. The van der Waals surface area contributed by atoms with E-state index in [0.717, 1.165) is 5.56 Å². The molecule has 1 heterocycles. The molecule has 0 unspecified atom stereocenters. The summed E-state index contributed by atoms with van der Waals surface area (Å²) in [4.78, 5) is 11.8. The van der Waals surface area contributed by atoms with Crippen LogP contribution in [0.3, 0.4) is 0 Å². The van der Waals surface area contributed by atoms with E-state index in [4.69, 9.17) is 23.2 Å². The first kappa shape index (κ1) is 14.6. The first-order valence-electron chi connectivity index (χ1n) is 6.19. The molecule has 1 aliphatic heterocycles. The van der Waals surface area contributed by atoms with Gasteiger partial charge in [-0.3, -0.25) is 4.79 Å². The maximum absolute atomic E-state index is 11.8. The van der Waals surface area contributed by atoms with Crippen LogP contribution in [0.4, 0.5) is 0 Å². The molecular weight excluding hydrogens is 287 g/mol. The largest absolute Gasteiger partial charge is 0.392 e. The molecule has 4 nitrogen and oxygen atoms in total. The van der Waals surface area contributed by atoms with Gasteiger partial charge in [-0.05, 0) is 30.5 Å². The molecule has 19 heavy (non-hydrogen) atoms. The standard InChI is InChI=1S/C13H16Cl2N2O2/c14-9-2-1-8(11(15)5-9)3-4-16-13(19)12-6-10(18)7-17-12/h1-2,5,10,12,17-18H,3-4,6-7H2,(H,16,19)/t10-,12-/m1/s1. The van der Waals surface area contributed by atoms with E-state index in [1.807, 2.05) is 6.07 Å². The van der Waals surface area contributed by atoms with Crippen LogP contribution >= 0.6 is 23.2 Å². The number of carbonyl (C=O) groups excluding carboxylic acids is 1. The van der Waals surface area contributed by atoms with Gasteiger partial charge in [-0.2, -0.15) is 0 Å². The Balaban J connectivity index is 1.78. The van der Waals surface area contributed by atoms with Crippen LogP contribution in [-0.2, 0) is 11.2 Å². The lowest BCUT2D eigenvalue weighted by atomic mass is 10.1. The van der Waals surface area contributed by atoms with E-state index in [9.17, 15) is 9.90 Å². The second-order valence-corrected chi connectivity index (χ2v) is 5.47. The minimum atomic E-state index is -0.429. The van der Waals surface area contributed by atoms with Crippen molar-refractivity contribution in [1.29, 1.82) is 0 Å². The molecule has 104 valence electrons. The number of nitrogens with one attached hydrogen (secondary N) is 2. The minimum Gasteiger partial charge on any atom is -0.392 e. The van der Waals surface area contributed by atoms with E-state index >= 15 is 0 Å². The topological polar surface area (TPSA) is 61.4 Å². The third kappa shape index (κ3) is 4.08. The van der Waals surface area contributed by atoms with Crippen LogP contribution in [0.1, 0.15) is 12.0 Å². The quantitative estimate of drug-likeness (QED) is 0.787. The number of hydrogen-bond donors (Lipinski definition) is 3. The summed E-state index contributed by atoms with van der Waals surface area (Å²) < 4.78 is 0. The molecule has 0 radical (unpaired) electrons. The fraction of sp³-hybridized carbons (Fsp3) is 0.462. The lowest BCUT2D eigenvalue weighted by molar-refractivity contribution is -0.122. The summed E-state index contributed by atoms with van der Waals surface area (Å²) in [6.45, 7) is 0.982. The molecule has 2 atom stereocenters. The summed E-state index contributed by atoms with van der Waals surface area (Å²) in [5.74, 6) is -0.0818. The number of β-amino-alcohol motifs (C(OH)–C–C–N with tert-alkyl or cyclic N) is 1. The molecule has 0 saturated carbocycles. The summed E-state index contributed by atoms with van der Waals surface area (Å²) in [5, 5.41) is 16.3. The number of aliphatic hydroxyl groups is 1. The fourth-order valence-electron chi connectivity index (χ4n) is 2.08. The Labute approximate surface area is 122 Å². The molecule has 0 spiro atoms. The third-order valence-corrected chi connectivity index (χ3v) is 3.72. The second-order valence-electron chi connectivity index (χ2n) is 4.63. The Kier molecular flexibility index (Phi) is 5.05. The van der Waals surface area contributed by atoms with E-state index in [1.165, 1.54) is 0 Å². The summed E-state index contributed by atoms with van der Waals surface area (Å²) in [6, 6.07) is 5.03. The van der Waals surface area contributed by atoms with Crippen molar-refractivity contribution < 1.29 is 9.90 Å². The van der Waals surface area contributed by atoms with Crippen molar-refractivity contribution in [1.82, 2.24) is 10.6 Å². The van der Waals surface area contributed by atoms with Crippen LogP contribution in [0.2, 0.25) is 10.0 Å². The average Bonchev–Trinajstić information content (AvgIpc) is 2.78. The van der Waals surface area contributed by atoms with Gasteiger partial charge in [0.25, 0.3) is 0 Å². The number of aliphatic hydroxyl groups excluding tert-OH is 1. The van der Waals surface area contributed by atoms with Gasteiger partial charge in [0, 0.05) is 23.1 Å². The van der Waals surface area contributed by atoms with Gasteiger partial charge in [0.2, 0.25) is 5.91 Å². The molecule has 0 aliphatic carbocycles. The average molecular weight is 303 g/mol. The van der Waals surface area contributed by atoms with Crippen LogP contribution in [0.25, 0.3) is 0 Å². The molecule has 6 heteroatoms. The predicted octanol–water partition coefficient (Wildman–Crippen LogP) is 1.37. The molecule has 1 fully saturated rings. The Bertz CT molecular complexity index is 468. The van der Waals surface area contributed by atoms with Gasteiger partial charge in [0.05, 0.1) is 12.1 Å². The molecule has 1 amide bonds. The molecule has 1 aromatic carbocycles. The van der Waals surface area contributed by atoms with Crippen molar-refractivity contribution in [2.45, 2.75) is 25.0 Å². The third-order valence-electron chi connectivity index (χ3n) is 3.13. The molecule has 2 rings (SSSR count). The maximum Gasteiger partial charge on any atom is 0.237 e. The number of benzene rings is 1. The summed E-state index contributed by atoms with van der Waals surface area (Å²) in [6.07, 6.45) is 0.686. The van der Waals surface area contributed by atoms with E-state index in [-0.39, 0.29) is 11.9 Å². The molecule has 1 saturated heterocycles. The zero-order valence-electron chi connectivity index (χ0n) is 10.3. The van der Waals surface area contributed by atoms with Crippen molar-refractivity contribution in [2.75, 3.05) is 13.1 Å². The zero-order valence-corrected chi connectivity index (χ0v) is 11.8. The SMILES string of the molecule is O=C(NCCc1ccc(Cl)cc1Cl)[C@H]1C[C@@H](O)CN1. The number of carbonyl (C=O) groups is 1. The Morgan fingerprint density at radius 2 is 2.26 bits per heavy atom. The molecular formula is C13H16Cl2N2O2. The maximum atomic E-state index is 11.8. The molecule has 0 aromatic heterocycles. The van der Waals surface area contributed by atoms with Crippen LogP contribution < -0.4 is 10.6 Å². The Morgan fingerprint density at radius 3 is 2.89 bits per heavy atom. The van der Waals surface area contributed by atoms with Crippen molar-refractivity contribution in [3.63, 3.8) is 0 Å². The lowest BCUT2D eigenvalue weighted by Gasteiger charge is -2.11. The van der Waals surface area contributed by atoms with E-state index in [2.05, 4.69) is 10.6 Å². The highest BCUT2D eigenvalue weighted by Crippen LogP contribution is 2.21. The van der Waals surface area contributed by atoms with E-state index in [1.54, 1.807) is 12.1 Å². The smallest absolute Gasteiger partial charge is 0.237 e. The fourth-order valence-corrected chi connectivity index (χ4v) is 2.59. The van der Waals surface area contributed by atoms with Crippen molar-refractivity contribution in [3.05, 3.63) is 33.8 Å². The highest BCUT2D eigenvalue weighted by atomic mass is 35.5. The number of amides is 1. The first-order chi connectivity index (χ1) is 9.06. The minimum absolute atomic E-state index is 0.0818. The Hall–Kier alpha value is -0.810. The summed E-state index contributed by atoms with van der Waals surface area (Å²) >= 11 is 11.9. The van der Waals surface area contributed by atoms with Gasteiger partial charge in [-0.25, -0.2) is 0 Å². The van der Waals surface area contributed by atoms with Gasteiger partial charge in [0.15, 0.2) is 0 Å². The van der Waals surface area contributed by atoms with E-state index in [0.29, 0.717) is 36.0 Å². The number of rotatable bonds is 4. The van der Waals surface area contributed by atoms with E-state index < -0.39 is 6.10 Å². The highest BCUT2D eigenvalue weighted by molar-refractivity contribution is 6.35. The summed E-state index contributed by atoms with van der Waals surface area (Å²) in [5.41, 5.74) is 0.950. The molecule has 1 aromatic rings. The zero-order chi connectivity index (χ0) is 13.8. The molecule has 1 aliphatic rings. The van der Waals surface area contributed by atoms with Gasteiger partial charge in [-0.15, -0.1) is 0 Å². The lowest BCUT2D eigenvalue weighted by Crippen LogP contribution is -2.41. The van der Waals surface area contributed by atoms with Gasteiger partial charge in [-0.1, -0.05) is 29.3 Å². The number of halogens is 2. The van der Waals surface area contributed by atoms with Crippen LogP contribution in [0, 0.1) is 0 Å². The van der Waals surface area contributed by atoms with Crippen molar-refractivity contribution >= 4 is 29.1 Å². The molecule has 0 bridgehead atoms. The highest BCUT2D eigenvalue weighted by Gasteiger charge is 2.27. The van der Waals surface area contributed by atoms with Gasteiger partial charge in [0.1, 0.15) is 0 Å². The van der Waals surface area contributed by atoms with Gasteiger partial charge >= 0.3 is 0 Å².